The highest BCUT2D eigenvalue weighted by molar-refractivity contribution is 5.66. The Morgan fingerprint density at radius 1 is 0.214 bits per heavy atom. The van der Waals surface area contributed by atoms with E-state index in [-0.39, 0.29) is 0 Å². The summed E-state index contributed by atoms with van der Waals surface area (Å²) in [6.45, 7) is 0. The van der Waals surface area contributed by atoms with E-state index < -0.39 is 0 Å². The Kier molecular flexibility index (Phi) is 11.3. The topological polar surface area (TPSA) is 141 Å². The zero-order chi connectivity index (χ0) is 38.7. The van der Waals surface area contributed by atoms with Crippen LogP contribution < -0.4 is 41.9 Å². The Hall–Kier alpha value is -7.84. The molecule has 56 heavy (non-hydrogen) atoms. The second-order valence-corrected chi connectivity index (χ2v) is 12.8. The van der Waals surface area contributed by atoms with E-state index in [1.54, 1.807) is 12.1 Å². The Morgan fingerprint density at radius 2 is 0.446 bits per heavy atom. The van der Waals surface area contributed by atoms with E-state index in [4.69, 9.17) is 41.9 Å². The van der Waals surface area contributed by atoms with Crippen LogP contribution in [0.2, 0.25) is 0 Å². The third-order valence-corrected chi connectivity index (χ3v) is 8.50. The molecule has 0 bridgehead atoms. The Morgan fingerprint density at radius 3 is 0.696 bits per heavy atom. The summed E-state index contributed by atoms with van der Waals surface area (Å²) in [4.78, 5) is 0. The number of hydrogen-bond donors (Lipinski definition) is 4. The van der Waals surface area contributed by atoms with Gasteiger partial charge in [0.25, 0.3) is 0 Å². The van der Waals surface area contributed by atoms with Gasteiger partial charge in [-0.25, -0.2) is 0 Å². The quantitative estimate of drug-likeness (QED) is 0.102. The van der Waals surface area contributed by atoms with Crippen molar-refractivity contribution in [2.75, 3.05) is 22.9 Å². The lowest BCUT2D eigenvalue weighted by Gasteiger charge is -2.09. The van der Waals surface area contributed by atoms with Crippen molar-refractivity contribution in [3.05, 3.63) is 194 Å². The Bertz CT molecular complexity index is 2290. The fourth-order valence-corrected chi connectivity index (χ4v) is 5.63. The molecule has 0 saturated heterocycles. The standard InChI is InChI=1S/2C24H20N2O2/c25-19-5-13-23(14-6-19)27-21-9-1-17(2-10-21)18-3-11-22(12-4-18)28-24-15-7-20(26)8-16-24;25-19-3-1-5-23(15-19)27-21-11-7-17(8-12-21)18-9-13-22(14-10-18)28-24-6-2-4-20(26)16-24/h2*1-16H,25-26H2. The number of anilines is 4. The summed E-state index contributed by atoms with van der Waals surface area (Å²) in [5.41, 5.74) is 30.1. The molecule has 0 atom stereocenters. The maximum absolute atomic E-state index is 5.83. The van der Waals surface area contributed by atoms with Crippen LogP contribution in [0.15, 0.2) is 194 Å². The van der Waals surface area contributed by atoms with Crippen LogP contribution in [-0.2, 0) is 0 Å². The molecule has 0 aromatic heterocycles. The highest BCUT2D eigenvalue weighted by atomic mass is 16.5. The molecule has 0 fully saturated rings. The van der Waals surface area contributed by atoms with Crippen molar-refractivity contribution < 1.29 is 18.9 Å². The van der Waals surface area contributed by atoms with Crippen LogP contribution in [0.5, 0.6) is 46.0 Å². The maximum atomic E-state index is 5.83. The third kappa shape index (κ3) is 10.2. The molecule has 8 nitrogen and oxygen atoms in total. The van der Waals surface area contributed by atoms with E-state index in [2.05, 4.69) is 0 Å². The zero-order valence-electron chi connectivity index (χ0n) is 30.4. The highest BCUT2D eigenvalue weighted by Gasteiger charge is 2.05. The number of nitrogen functional groups attached to an aromatic ring is 4. The second-order valence-electron chi connectivity index (χ2n) is 12.8. The first kappa shape index (κ1) is 36.5. The average molecular weight is 737 g/mol. The molecule has 276 valence electrons. The molecule has 0 aliphatic rings. The van der Waals surface area contributed by atoms with Gasteiger partial charge < -0.3 is 41.9 Å². The average Bonchev–Trinajstić information content (AvgIpc) is 3.21. The molecule has 0 aliphatic carbocycles. The number of ether oxygens (including phenoxy) is 4. The van der Waals surface area contributed by atoms with Gasteiger partial charge in [-0.1, -0.05) is 60.7 Å². The molecule has 0 heterocycles. The van der Waals surface area contributed by atoms with Crippen LogP contribution in [0.4, 0.5) is 22.7 Å². The number of rotatable bonds is 10. The van der Waals surface area contributed by atoms with Gasteiger partial charge in [0.1, 0.15) is 46.0 Å². The van der Waals surface area contributed by atoms with Gasteiger partial charge in [0.2, 0.25) is 0 Å². The lowest BCUT2D eigenvalue weighted by molar-refractivity contribution is 0.482. The van der Waals surface area contributed by atoms with Gasteiger partial charge in [0.05, 0.1) is 0 Å². The minimum absolute atomic E-state index is 0.676. The van der Waals surface area contributed by atoms with Crippen LogP contribution in [0, 0.1) is 0 Å². The van der Waals surface area contributed by atoms with Crippen molar-refractivity contribution in [2.45, 2.75) is 0 Å². The molecular formula is C48H40N4O4. The minimum atomic E-state index is 0.676. The van der Waals surface area contributed by atoms with E-state index in [0.29, 0.717) is 22.7 Å². The van der Waals surface area contributed by atoms with Crippen molar-refractivity contribution in [1.29, 1.82) is 0 Å². The van der Waals surface area contributed by atoms with Crippen molar-refractivity contribution in [2.24, 2.45) is 0 Å². The van der Waals surface area contributed by atoms with E-state index in [1.807, 2.05) is 182 Å². The molecule has 8 aromatic carbocycles. The van der Waals surface area contributed by atoms with Gasteiger partial charge in [-0.15, -0.1) is 0 Å². The van der Waals surface area contributed by atoms with Gasteiger partial charge >= 0.3 is 0 Å². The van der Waals surface area contributed by atoms with E-state index >= 15 is 0 Å². The van der Waals surface area contributed by atoms with Gasteiger partial charge in [-0.05, 0) is 144 Å². The molecule has 0 saturated carbocycles. The molecule has 8 aromatic rings. The van der Waals surface area contributed by atoms with E-state index in [9.17, 15) is 0 Å². The van der Waals surface area contributed by atoms with Crippen LogP contribution in [0.1, 0.15) is 0 Å². The largest absolute Gasteiger partial charge is 0.457 e. The monoisotopic (exact) mass is 736 g/mol. The van der Waals surface area contributed by atoms with Crippen LogP contribution >= 0.6 is 0 Å². The zero-order valence-corrected chi connectivity index (χ0v) is 30.4. The first-order valence-corrected chi connectivity index (χ1v) is 17.9. The Labute approximate surface area is 326 Å². The van der Waals surface area contributed by atoms with Crippen LogP contribution in [-0.4, -0.2) is 0 Å². The molecule has 0 spiro atoms. The first-order chi connectivity index (χ1) is 27.3. The molecule has 0 aliphatic heterocycles. The predicted molar refractivity (Wildman–Crippen MR) is 227 cm³/mol. The van der Waals surface area contributed by atoms with Crippen molar-refractivity contribution >= 4 is 22.7 Å². The summed E-state index contributed by atoms with van der Waals surface area (Å²) >= 11 is 0. The molecule has 0 unspecified atom stereocenters. The molecule has 8 rings (SSSR count). The number of hydrogen-bond acceptors (Lipinski definition) is 8. The fourth-order valence-electron chi connectivity index (χ4n) is 5.63. The van der Waals surface area contributed by atoms with Gasteiger partial charge in [-0.2, -0.15) is 0 Å². The fraction of sp³-hybridized carbons (Fsp3) is 0. The van der Waals surface area contributed by atoms with E-state index in [0.717, 1.165) is 68.2 Å². The smallest absolute Gasteiger partial charge is 0.129 e. The summed E-state index contributed by atoms with van der Waals surface area (Å²) < 4.78 is 23.3. The van der Waals surface area contributed by atoms with Gasteiger partial charge in [0.15, 0.2) is 0 Å². The van der Waals surface area contributed by atoms with Crippen LogP contribution in [0.25, 0.3) is 22.3 Å². The number of nitrogens with two attached hydrogens (primary N) is 4. The lowest BCUT2D eigenvalue weighted by Crippen LogP contribution is -1.88. The van der Waals surface area contributed by atoms with Crippen molar-refractivity contribution in [1.82, 2.24) is 0 Å². The summed E-state index contributed by atoms with van der Waals surface area (Å²) in [6, 6.07) is 61.2. The van der Waals surface area contributed by atoms with Gasteiger partial charge in [0, 0.05) is 34.9 Å². The summed E-state index contributed by atoms with van der Waals surface area (Å²) in [5, 5.41) is 0. The third-order valence-electron chi connectivity index (χ3n) is 8.50. The summed E-state index contributed by atoms with van der Waals surface area (Å²) in [5.74, 6) is 6.02. The molecular weight excluding hydrogens is 697 g/mol. The summed E-state index contributed by atoms with van der Waals surface area (Å²) in [7, 11) is 0. The molecule has 0 radical (unpaired) electrons. The second kappa shape index (κ2) is 17.3. The van der Waals surface area contributed by atoms with Crippen molar-refractivity contribution in [3.8, 4) is 68.2 Å². The first-order valence-electron chi connectivity index (χ1n) is 17.9. The molecule has 8 N–H and O–H groups in total. The SMILES string of the molecule is Nc1ccc(Oc2ccc(-c3ccc(Oc4ccc(N)cc4)cc3)cc2)cc1.Nc1cccc(Oc2ccc(-c3ccc(Oc4cccc(N)c4)cc3)cc2)c1. The summed E-state index contributed by atoms with van der Waals surface area (Å²) in [6.07, 6.45) is 0. The molecule has 0 amide bonds. The minimum Gasteiger partial charge on any atom is -0.457 e. The molecule has 8 heteroatoms. The van der Waals surface area contributed by atoms with E-state index in [1.165, 1.54) is 0 Å². The lowest BCUT2D eigenvalue weighted by atomic mass is 10.1. The Balaban J connectivity index is 0.000000172. The number of benzene rings is 8. The van der Waals surface area contributed by atoms with Crippen LogP contribution in [0.3, 0.4) is 0 Å². The maximum Gasteiger partial charge on any atom is 0.129 e. The van der Waals surface area contributed by atoms with Crippen molar-refractivity contribution in [3.63, 3.8) is 0 Å². The normalized spacial score (nSPS) is 10.4. The highest BCUT2D eigenvalue weighted by Crippen LogP contribution is 2.31. The van der Waals surface area contributed by atoms with Gasteiger partial charge in [-0.3, -0.25) is 0 Å². The predicted octanol–water partition coefficient (Wildman–Crippen LogP) is 12.2.